The summed E-state index contributed by atoms with van der Waals surface area (Å²) < 4.78 is 0. The van der Waals surface area contributed by atoms with Gasteiger partial charge in [0.2, 0.25) is 0 Å². The normalized spacial score (nSPS) is 17.1. The molecule has 1 unspecified atom stereocenters. The summed E-state index contributed by atoms with van der Waals surface area (Å²) in [6.07, 6.45) is 5.38. The summed E-state index contributed by atoms with van der Waals surface area (Å²) in [6.45, 7) is 4.95. The molecular formula is C17H25NO2. The Morgan fingerprint density at radius 2 is 2.00 bits per heavy atom. The maximum absolute atomic E-state index is 10.9. The highest BCUT2D eigenvalue weighted by Crippen LogP contribution is 2.33. The van der Waals surface area contributed by atoms with Gasteiger partial charge >= 0.3 is 5.97 Å². The maximum atomic E-state index is 10.9. The van der Waals surface area contributed by atoms with Crippen molar-refractivity contribution in [3.05, 3.63) is 29.8 Å². The zero-order valence-corrected chi connectivity index (χ0v) is 12.5. The SMILES string of the molecule is Cc1ccccc1N(CCC(=O)O)C(C)C1CCCC1. The second-order valence-corrected chi connectivity index (χ2v) is 5.91. The summed E-state index contributed by atoms with van der Waals surface area (Å²) >= 11 is 0. The molecule has 0 bridgehead atoms. The molecule has 20 heavy (non-hydrogen) atoms. The Morgan fingerprint density at radius 3 is 2.60 bits per heavy atom. The number of benzene rings is 1. The van der Waals surface area contributed by atoms with E-state index in [9.17, 15) is 4.79 Å². The zero-order chi connectivity index (χ0) is 14.5. The molecule has 0 saturated heterocycles. The zero-order valence-electron chi connectivity index (χ0n) is 12.5. The van der Waals surface area contributed by atoms with Gasteiger partial charge in [0.1, 0.15) is 0 Å². The molecule has 1 fully saturated rings. The Morgan fingerprint density at radius 1 is 1.35 bits per heavy atom. The Kier molecular flexibility index (Phi) is 5.05. The molecule has 1 N–H and O–H groups in total. The van der Waals surface area contributed by atoms with Crippen LogP contribution in [0.4, 0.5) is 5.69 Å². The lowest BCUT2D eigenvalue weighted by molar-refractivity contribution is -0.136. The third-order valence-corrected chi connectivity index (χ3v) is 4.57. The first-order valence-electron chi connectivity index (χ1n) is 7.63. The average molecular weight is 275 g/mol. The van der Waals surface area contributed by atoms with Crippen LogP contribution in [0.5, 0.6) is 0 Å². The highest BCUT2D eigenvalue weighted by Gasteiger charge is 2.27. The number of aliphatic carboxylic acids is 1. The number of carbonyl (C=O) groups is 1. The van der Waals surface area contributed by atoms with E-state index in [0.717, 1.165) is 0 Å². The number of hydrogen-bond donors (Lipinski definition) is 1. The lowest BCUT2D eigenvalue weighted by atomic mass is 9.96. The van der Waals surface area contributed by atoms with Crippen LogP contribution in [-0.4, -0.2) is 23.7 Å². The van der Waals surface area contributed by atoms with Gasteiger partial charge in [-0.1, -0.05) is 31.0 Å². The highest BCUT2D eigenvalue weighted by atomic mass is 16.4. The molecule has 0 spiro atoms. The smallest absolute Gasteiger partial charge is 0.305 e. The number of rotatable bonds is 6. The van der Waals surface area contributed by atoms with Crippen molar-refractivity contribution in [3.8, 4) is 0 Å². The molecule has 3 nitrogen and oxygen atoms in total. The number of nitrogens with zero attached hydrogens (tertiary/aromatic N) is 1. The van der Waals surface area contributed by atoms with E-state index in [1.165, 1.54) is 36.9 Å². The van der Waals surface area contributed by atoms with Gasteiger partial charge in [-0.2, -0.15) is 0 Å². The number of carboxylic acids is 1. The van der Waals surface area contributed by atoms with Gasteiger partial charge in [-0.25, -0.2) is 0 Å². The second kappa shape index (κ2) is 6.78. The summed E-state index contributed by atoms with van der Waals surface area (Å²) in [6, 6.07) is 8.71. The summed E-state index contributed by atoms with van der Waals surface area (Å²) in [5.74, 6) is -0.0226. The highest BCUT2D eigenvalue weighted by molar-refractivity contribution is 5.68. The monoisotopic (exact) mass is 275 g/mol. The van der Waals surface area contributed by atoms with Crippen molar-refractivity contribution >= 4 is 11.7 Å². The Bertz CT molecular complexity index is 452. The van der Waals surface area contributed by atoms with Crippen molar-refractivity contribution < 1.29 is 9.90 Å². The van der Waals surface area contributed by atoms with Gasteiger partial charge in [0, 0.05) is 18.3 Å². The molecule has 1 saturated carbocycles. The Hall–Kier alpha value is -1.51. The van der Waals surface area contributed by atoms with Crippen LogP contribution in [0.2, 0.25) is 0 Å². The minimum absolute atomic E-state index is 0.200. The second-order valence-electron chi connectivity index (χ2n) is 5.91. The van der Waals surface area contributed by atoms with Gasteiger partial charge in [0.25, 0.3) is 0 Å². The summed E-state index contributed by atoms with van der Waals surface area (Å²) in [5, 5.41) is 9.00. The molecule has 0 heterocycles. The molecule has 1 aliphatic rings. The van der Waals surface area contributed by atoms with Gasteiger partial charge in [0.05, 0.1) is 6.42 Å². The summed E-state index contributed by atoms with van der Waals surface area (Å²) in [4.78, 5) is 13.2. The van der Waals surface area contributed by atoms with Crippen molar-refractivity contribution in [2.45, 2.75) is 52.0 Å². The van der Waals surface area contributed by atoms with Crippen LogP contribution >= 0.6 is 0 Å². The average Bonchev–Trinajstić information content (AvgIpc) is 2.94. The Labute approximate surface area is 121 Å². The molecule has 2 rings (SSSR count). The van der Waals surface area contributed by atoms with Gasteiger partial charge in [0.15, 0.2) is 0 Å². The number of carboxylic acid groups (broad SMARTS) is 1. The molecule has 1 aromatic rings. The molecule has 1 aromatic carbocycles. The van der Waals surface area contributed by atoms with E-state index in [1.807, 2.05) is 12.1 Å². The van der Waals surface area contributed by atoms with E-state index < -0.39 is 5.97 Å². The quantitative estimate of drug-likeness (QED) is 0.857. The summed E-state index contributed by atoms with van der Waals surface area (Å²) in [5.41, 5.74) is 2.41. The van der Waals surface area contributed by atoms with Crippen molar-refractivity contribution in [2.75, 3.05) is 11.4 Å². The fraction of sp³-hybridized carbons (Fsp3) is 0.588. The molecule has 0 radical (unpaired) electrons. The van der Waals surface area contributed by atoms with E-state index in [1.54, 1.807) is 0 Å². The van der Waals surface area contributed by atoms with Crippen LogP contribution in [-0.2, 0) is 4.79 Å². The minimum atomic E-state index is -0.720. The number of hydrogen-bond acceptors (Lipinski definition) is 2. The molecule has 3 heteroatoms. The number of para-hydroxylation sites is 1. The lowest BCUT2D eigenvalue weighted by Crippen LogP contribution is -2.39. The summed E-state index contributed by atoms with van der Waals surface area (Å²) in [7, 11) is 0. The van der Waals surface area contributed by atoms with Crippen molar-refractivity contribution in [1.82, 2.24) is 0 Å². The fourth-order valence-electron chi connectivity index (χ4n) is 3.34. The van der Waals surface area contributed by atoms with E-state index >= 15 is 0 Å². The lowest BCUT2D eigenvalue weighted by Gasteiger charge is -2.36. The van der Waals surface area contributed by atoms with Gasteiger partial charge < -0.3 is 10.0 Å². The van der Waals surface area contributed by atoms with E-state index in [0.29, 0.717) is 18.5 Å². The van der Waals surface area contributed by atoms with Crippen LogP contribution in [0.1, 0.15) is 44.6 Å². The molecule has 1 aliphatic carbocycles. The molecule has 0 amide bonds. The van der Waals surface area contributed by atoms with Gasteiger partial charge in [-0.3, -0.25) is 4.79 Å². The van der Waals surface area contributed by atoms with E-state index in [2.05, 4.69) is 30.9 Å². The Balaban J connectivity index is 2.19. The van der Waals surface area contributed by atoms with Crippen LogP contribution in [0, 0.1) is 12.8 Å². The first-order chi connectivity index (χ1) is 9.59. The molecular weight excluding hydrogens is 250 g/mol. The third-order valence-electron chi connectivity index (χ3n) is 4.57. The fourth-order valence-corrected chi connectivity index (χ4v) is 3.34. The molecule has 0 aliphatic heterocycles. The topological polar surface area (TPSA) is 40.5 Å². The van der Waals surface area contributed by atoms with Crippen molar-refractivity contribution in [1.29, 1.82) is 0 Å². The first kappa shape index (κ1) is 14.9. The van der Waals surface area contributed by atoms with Crippen molar-refractivity contribution in [3.63, 3.8) is 0 Å². The standard InChI is InChI=1S/C17H25NO2/c1-13-7-3-6-10-16(13)18(12-11-17(19)20)14(2)15-8-4-5-9-15/h3,6-7,10,14-15H,4-5,8-9,11-12H2,1-2H3,(H,19,20). The van der Waals surface area contributed by atoms with Crippen LogP contribution in [0.15, 0.2) is 24.3 Å². The van der Waals surface area contributed by atoms with Crippen molar-refractivity contribution in [2.24, 2.45) is 5.92 Å². The number of aryl methyl sites for hydroxylation is 1. The van der Waals surface area contributed by atoms with E-state index in [-0.39, 0.29) is 6.42 Å². The van der Waals surface area contributed by atoms with Crippen LogP contribution in [0.3, 0.4) is 0 Å². The molecule has 1 atom stereocenters. The predicted octanol–water partition coefficient (Wildman–Crippen LogP) is 3.85. The molecule has 110 valence electrons. The van der Waals surface area contributed by atoms with Gasteiger partial charge in [-0.15, -0.1) is 0 Å². The van der Waals surface area contributed by atoms with Crippen LogP contribution < -0.4 is 4.90 Å². The predicted molar refractivity (Wildman–Crippen MR) is 82.2 cm³/mol. The van der Waals surface area contributed by atoms with Gasteiger partial charge in [-0.05, 0) is 44.2 Å². The third kappa shape index (κ3) is 3.53. The van der Waals surface area contributed by atoms with Crippen LogP contribution in [0.25, 0.3) is 0 Å². The number of anilines is 1. The maximum Gasteiger partial charge on any atom is 0.305 e. The van der Waals surface area contributed by atoms with E-state index in [4.69, 9.17) is 5.11 Å². The molecule has 0 aromatic heterocycles. The minimum Gasteiger partial charge on any atom is -0.481 e. The first-order valence-corrected chi connectivity index (χ1v) is 7.63. The largest absolute Gasteiger partial charge is 0.481 e.